The lowest BCUT2D eigenvalue weighted by Gasteiger charge is -2.34. The van der Waals surface area contributed by atoms with Gasteiger partial charge in [-0.2, -0.15) is 10.1 Å². The van der Waals surface area contributed by atoms with E-state index in [0.717, 1.165) is 27.1 Å². The second kappa shape index (κ2) is 9.70. The number of nitrogens with one attached hydrogen (secondary N) is 1. The average molecular weight is 549 g/mol. The number of hydrogen-bond donors (Lipinski definition) is 1. The van der Waals surface area contributed by atoms with E-state index < -0.39 is 0 Å². The second-order valence-corrected chi connectivity index (χ2v) is 10.9. The Hall–Kier alpha value is -2.39. The van der Waals surface area contributed by atoms with E-state index in [9.17, 15) is 4.79 Å². The highest BCUT2D eigenvalue weighted by molar-refractivity contribution is 9.10. The van der Waals surface area contributed by atoms with Crippen molar-refractivity contribution in [3.63, 3.8) is 0 Å². The molecule has 0 unspecified atom stereocenters. The summed E-state index contributed by atoms with van der Waals surface area (Å²) < 4.78 is 2.76. The van der Waals surface area contributed by atoms with E-state index in [4.69, 9.17) is 26.7 Å². The lowest BCUT2D eigenvalue weighted by Crippen LogP contribution is -2.48. The van der Waals surface area contributed by atoms with Crippen molar-refractivity contribution < 1.29 is 4.79 Å². The molecule has 0 atom stereocenters. The number of piperazine rings is 1. The van der Waals surface area contributed by atoms with Gasteiger partial charge in [-0.1, -0.05) is 23.7 Å². The molecular weight excluding hydrogens is 518 g/mol. The van der Waals surface area contributed by atoms with Crippen LogP contribution in [-0.2, 0) is 11.2 Å². The number of amides is 1. The van der Waals surface area contributed by atoms with E-state index in [2.05, 4.69) is 53.8 Å². The average Bonchev–Trinajstić information content (AvgIpc) is 3.12. The van der Waals surface area contributed by atoms with Crippen LogP contribution in [0.25, 0.3) is 11.0 Å². The fraction of sp³-hybridized carbons (Fsp3) is 0.500. The number of carbonyl (C=O) groups is 1. The van der Waals surface area contributed by atoms with Gasteiger partial charge in [0.05, 0.1) is 0 Å². The molecule has 2 aromatic heterocycles. The first-order chi connectivity index (χ1) is 16.0. The molecule has 4 rings (SSSR count). The van der Waals surface area contributed by atoms with Crippen LogP contribution in [-0.4, -0.2) is 62.3 Å². The van der Waals surface area contributed by atoms with Crippen LogP contribution in [0.1, 0.15) is 46.2 Å². The van der Waals surface area contributed by atoms with Gasteiger partial charge in [0, 0.05) is 49.7 Å². The number of nitrogens with zero attached hydrogens (tertiary/aromatic N) is 6. The van der Waals surface area contributed by atoms with E-state index in [-0.39, 0.29) is 17.5 Å². The van der Waals surface area contributed by atoms with Crippen LogP contribution < -0.4 is 10.2 Å². The third kappa shape index (κ3) is 5.30. The summed E-state index contributed by atoms with van der Waals surface area (Å²) in [6.07, 6.45) is 0.786. The third-order valence-electron chi connectivity index (χ3n) is 5.99. The SMILES string of the molecule is CC(=O)N1CCN(c2nc(NC(C)(C)Cc3ccc(Cl)cc3)c3nn(C(C)C)c(Br)c3n2)CC1. The lowest BCUT2D eigenvalue weighted by molar-refractivity contribution is -0.129. The molecule has 10 heteroatoms. The fourth-order valence-electron chi connectivity index (χ4n) is 4.21. The predicted octanol–water partition coefficient (Wildman–Crippen LogP) is 4.92. The molecule has 1 aliphatic heterocycles. The monoisotopic (exact) mass is 547 g/mol. The smallest absolute Gasteiger partial charge is 0.228 e. The van der Waals surface area contributed by atoms with Crippen molar-refractivity contribution in [1.82, 2.24) is 24.6 Å². The zero-order chi connectivity index (χ0) is 24.6. The number of hydrogen-bond acceptors (Lipinski definition) is 6. The molecule has 8 nitrogen and oxygen atoms in total. The zero-order valence-electron chi connectivity index (χ0n) is 20.3. The van der Waals surface area contributed by atoms with Crippen LogP contribution >= 0.6 is 27.5 Å². The number of anilines is 2. The minimum absolute atomic E-state index is 0.100. The molecule has 1 aromatic carbocycles. The van der Waals surface area contributed by atoms with Gasteiger partial charge in [-0.3, -0.25) is 9.48 Å². The van der Waals surface area contributed by atoms with Crippen molar-refractivity contribution in [3.8, 4) is 0 Å². The maximum Gasteiger partial charge on any atom is 0.228 e. The highest BCUT2D eigenvalue weighted by atomic mass is 79.9. The summed E-state index contributed by atoms with van der Waals surface area (Å²) in [4.78, 5) is 25.6. The standard InChI is InChI=1S/C24H31BrClN7O/c1-15(2)33-21(25)19-20(30-33)22(29-24(4,5)14-17-6-8-18(26)9-7-17)28-23(27-19)32-12-10-31(11-13-32)16(3)34/h6-9,15H,10-14H2,1-5H3,(H,27,28,29). The van der Waals surface area contributed by atoms with E-state index >= 15 is 0 Å². The first-order valence-corrected chi connectivity index (χ1v) is 12.7. The molecule has 34 heavy (non-hydrogen) atoms. The van der Waals surface area contributed by atoms with Crippen LogP contribution in [0.3, 0.4) is 0 Å². The number of benzene rings is 1. The molecule has 0 aliphatic carbocycles. The molecular formula is C24H31BrClN7O. The first-order valence-electron chi connectivity index (χ1n) is 11.5. The summed E-state index contributed by atoms with van der Waals surface area (Å²) >= 11 is 9.78. The first kappa shape index (κ1) is 24.7. The van der Waals surface area contributed by atoms with Gasteiger partial charge in [0.15, 0.2) is 11.3 Å². The third-order valence-corrected chi connectivity index (χ3v) is 6.98. The minimum Gasteiger partial charge on any atom is -0.363 e. The number of halogens is 2. The van der Waals surface area contributed by atoms with Crippen molar-refractivity contribution in [3.05, 3.63) is 39.5 Å². The highest BCUT2D eigenvalue weighted by Gasteiger charge is 2.27. The summed E-state index contributed by atoms with van der Waals surface area (Å²) in [6, 6.07) is 8.09. The van der Waals surface area contributed by atoms with Crippen LogP contribution in [0, 0.1) is 0 Å². The van der Waals surface area contributed by atoms with Crippen LogP contribution in [0.15, 0.2) is 28.9 Å². The summed E-state index contributed by atoms with van der Waals surface area (Å²) in [5, 5.41) is 9.20. The summed E-state index contributed by atoms with van der Waals surface area (Å²) in [6.45, 7) is 12.8. The Labute approximate surface area is 213 Å². The van der Waals surface area contributed by atoms with E-state index in [1.165, 1.54) is 5.56 Å². The maximum absolute atomic E-state index is 11.7. The van der Waals surface area contributed by atoms with E-state index in [1.807, 2.05) is 33.8 Å². The predicted molar refractivity (Wildman–Crippen MR) is 141 cm³/mol. The van der Waals surface area contributed by atoms with Gasteiger partial charge in [-0.15, -0.1) is 0 Å². The summed E-state index contributed by atoms with van der Waals surface area (Å²) in [7, 11) is 0. The van der Waals surface area contributed by atoms with Gasteiger partial charge in [0.25, 0.3) is 0 Å². The van der Waals surface area contributed by atoms with Crippen molar-refractivity contribution >= 4 is 56.2 Å². The Morgan fingerprint density at radius 3 is 2.35 bits per heavy atom. The van der Waals surface area contributed by atoms with Crippen molar-refractivity contribution in [2.24, 2.45) is 0 Å². The molecule has 1 amide bonds. The van der Waals surface area contributed by atoms with Gasteiger partial charge in [0.2, 0.25) is 11.9 Å². The molecule has 1 saturated heterocycles. The number of aromatic nitrogens is 4. The zero-order valence-corrected chi connectivity index (χ0v) is 22.6. The Kier molecular flexibility index (Phi) is 7.05. The van der Waals surface area contributed by atoms with Crippen LogP contribution in [0.2, 0.25) is 5.02 Å². The molecule has 3 heterocycles. The molecule has 0 saturated carbocycles. The number of fused-ring (bicyclic) bond motifs is 1. The highest BCUT2D eigenvalue weighted by Crippen LogP contribution is 2.32. The van der Waals surface area contributed by atoms with E-state index in [0.29, 0.717) is 37.9 Å². The Balaban J connectivity index is 1.69. The van der Waals surface area contributed by atoms with Crippen molar-refractivity contribution in [1.29, 1.82) is 0 Å². The summed E-state index contributed by atoms with van der Waals surface area (Å²) in [5.74, 6) is 1.45. The van der Waals surface area contributed by atoms with Crippen LogP contribution in [0.5, 0.6) is 0 Å². The van der Waals surface area contributed by atoms with Gasteiger partial charge < -0.3 is 15.1 Å². The molecule has 1 fully saturated rings. The fourth-order valence-corrected chi connectivity index (χ4v) is 5.10. The molecule has 0 radical (unpaired) electrons. The lowest BCUT2D eigenvalue weighted by atomic mass is 9.95. The minimum atomic E-state index is -0.298. The molecule has 1 N–H and O–H groups in total. The van der Waals surface area contributed by atoms with Gasteiger partial charge >= 0.3 is 0 Å². The molecule has 3 aromatic rings. The normalized spacial score (nSPS) is 14.8. The summed E-state index contributed by atoms with van der Waals surface area (Å²) in [5.41, 5.74) is 2.39. The topological polar surface area (TPSA) is 79.2 Å². The van der Waals surface area contributed by atoms with Gasteiger partial charge in [-0.05, 0) is 67.7 Å². The van der Waals surface area contributed by atoms with Gasteiger partial charge in [-0.25, -0.2) is 4.98 Å². The largest absolute Gasteiger partial charge is 0.363 e. The van der Waals surface area contributed by atoms with E-state index in [1.54, 1.807) is 6.92 Å². The Morgan fingerprint density at radius 1 is 1.12 bits per heavy atom. The van der Waals surface area contributed by atoms with Crippen molar-refractivity contribution in [2.45, 2.75) is 52.6 Å². The Bertz CT molecular complexity index is 1180. The van der Waals surface area contributed by atoms with Gasteiger partial charge in [0.1, 0.15) is 10.1 Å². The van der Waals surface area contributed by atoms with Crippen molar-refractivity contribution in [2.75, 3.05) is 36.4 Å². The quantitative estimate of drug-likeness (QED) is 0.471. The van der Waals surface area contributed by atoms with Crippen LogP contribution in [0.4, 0.5) is 11.8 Å². The molecule has 0 bridgehead atoms. The molecule has 1 aliphatic rings. The number of carbonyl (C=O) groups excluding carboxylic acids is 1. The Morgan fingerprint density at radius 2 is 1.76 bits per heavy atom. The molecule has 0 spiro atoms. The molecule has 182 valence electrons. The number of rotatable bonds is 6. The second-order valence-electron chi connectivity index (χ2n) is 9.70. The maximum atomic E-state index is 11.7.